The normalized spacial score (nSPS) is 16.8. The van der Waals surface area contributed by atoms with E-state index >= 15 is 0 Å². The molecular weight excluding hydrogens is 372 g/mol. The van der Waals surface area contributed by atoms with Crippen molar-refractivity contribution in [3.8, 4) is 5.75 Å². The van der Waals surface area contributed by atoms with E-state index in [1.165, 1.54) is 16.2 Å². The number of hydrogen-bond acceptors (Lipinski definition) is 3. The number of hydrogen-bond donors (Lipinski definition) is 2. The van der Waals surface area contributed by atoms with Crippen LogP contribution in [0.15, 0.2) is 48.5 Å². The summed E-state index contributed by atoms with van der Waals surface area (Å²) in [6.07, 6.45) is -0.463. The Morgan fingerprint density at radius 2 is 1.79 bits per heavy atom. The average Bonchev–Trinajstić information content (AvgIpc) is 2.67. The van der Waals surface area contributed by atoms with Gasteiger partial charge in [0.05, 0.1) is 26.2 Å². The van der Waals surface area contributed by atoms with Crippen LogP contribution in [0, 0.1) is 0 Å². The lowest BCUT2D eigenvalue weighted by Crippen LogP contribution is -3.16. The standard InChI is InChI=1S/C23H31ClN2O2/c1-23(2,3)18-7-9-22(10-8-18)28-17-21(27)16-25-11-13-26(14-12-25)20-6-4-5-19(24)15-20/h4-10,15,21,27H,11-14,16-17H2,1-3H3/p+1/t21-/m1/s1. The number of quaternary nitrogens is 1. The molecule has 0 amide bonds. The predicted molar refractivity (Wildman–Crippen MR) is 116 cm³/mol. The maximum absolute atomic E-state index is 10.4. The van der Waals surface area contributed by atoms with Gasteiger partial charge in [-0.3, -0.25) is 0 Å². The zero-order valence-corrected chi connectivity index (χ0v) is 17.9. The Labute approximate surface area is 173 Å². The van der Waals surface area contributed by atoms with E-state index in [1.807, 2.05) is 30.3 Å². The van der Waals surface area contributed by atoms with E-state index in [4.69, 9.17) is 16.3 Å². The van der Waals surface area contributed by atoms with Gasteiger partial charge in [-0.15, -0.1) is 0 Å². The van der Waals surface area contributed by atoms with E-state index in [0.717, 1.165) is 37.0 Å². The van der Waals surface area contributed by atoms with Gasteiger partial charge in [-0.1, -0.05) is 50.6 Å². The van der Waals surface area contributed by atoms with Crippen LogP contribution in [0.1, 0.15) is 26.3 Å². The van der Waals surface area contributed by atoms with E-state index in [1.54, 1.807) is 0 Å². The third-order valence-electron chi connectivity index (χ3n) is 5.33. The fourth-order valence-corrected chi connectivity index (χ4v) is 3.78. The van der Waals surface area contributed by atoms with Crippen molar-refractivity contribution in [1.29, 1.82) is 0 Å². The van der Waals surface area contributed by atoms with E-state index in [-0.39, 0.29) is 5.41 Å². The summed E-state index contributed by atoms with van der Waals surface area (Å²) in [5.74, 6) is 0.813. The summed E-state index contributed by atoms with van der Waals surface area (Å²) in [5, 5.41) is 11.2. The third-order valence-corrected chi connectivity index (χ3v) is 5.57. The van der Waals surface area contributed by atoms with Crippen LogP contribution in [-0.4, -0.2) is 50.5 Å². The predicted octanol–water partition coefficient (Wildman–Crippen LogP) is 2.78. The molecule has 0 unspecified atom stereocenters. The Kier molecular flexibility index (Phi) is 6.86. The minimum atomic E-state index is -0.463. The van der Waals surface area contributed by atoms with Crippen molar-refractivity contribution in [1.82, 2.24) is 0 Å². The number of piperazine rings is 1. The van der Waals surface area contributed by atoms with Crippen LogP contribution < -0.4 is 14.5 Å². The highest BCUT2D eigenvalue weighted by atomic mass is 35.5. The first-order valence-electron chi connectivity index (χ1n) is 10.1. The summed E-state index contributed by atoms with van der Waals surface area (Å²) in [7, 11) is 0. The number of nitrogens with one attached hydrogen (secondary N) is 1. The molecule has 28 heavy (non-hydrogen) atoms. The molecule has 4 nitrogen and oxygen atoms in total. The molecule has 0 spiro atoms. The maximum Gasteiger partial charge on any atom is 0.137 e. The number of nitrogens with zero attached hydrogens (tertiary/aromatic N) is 1. The lowest BCUT2D eigenvalue weighted by molar-refractivity contribution is -0.903. The molecular formula is C23H32ClN2O2+. The number of ether oxygens (including phenoxy) is 1. The minimum absolute atomic E-state index is 0.134. The molecule has 0 saturated carbocycles. The number of rotatable bonds is 6. The Morgan fingerprint density at radius 3 is 2.39 bits per heavy atom. The van der Waals surface area contributed by atoms with Crippen LogP contribution >= 0.6 is 11.6 Å². The molecule has 0 radical (unpaired) electrons. The number of aliphatic hydroxyl groups is 1. The smallest absolute Gasteiger partial charge is 0.137 e. The Morgan fingerprint density at radius 1 is 1.11 bits per heavy atom. The first-order chi connectivity index (χ1) is 13.3. The van der Waals surface area contributed by atoms with Crippen LogP contribution in [0.3, 0.4) is 0 Å². The molecule has 1 atom stereocenters. The Hall–Kier alpha value is -1.75. The highest BCUT2D eigenvalue weighted by Gasteiger charge is 2.23. The van der Waals surface area contributed by atoms with Gasteiger partial charge in [-0.05, 0) is 41.3 Å². The van der Waals surface area contributed by atoms with Crippen molar-refractivity contribution >= 4 is 17.3 Å². The molecule has 2 N–H and O–H groups in total. The number of aliphatic hydroxyl groups excluding tert-OH is 1. The fourth-order valence-electron chi connectivity index (χ4n) is 3.59. The van der Waals surface area contributed by atoms with E-state index in [0.29, 0.717) is 13.2 Å². The number of benzene rings is 2. The molecule has 0 bridgehead atoms. The summed E-state index contributed by atoms with van der Waals surface area (Å²) < 4.78 is 5.79. The fraction of sp³-hybridized carbons (Fsp3) is 0.478. The molecule has 3 rings (SSSR count). The van der Waals surface area contributed by atoms with Gasteiger partial charge in [-0.25, -0.2) is 0 Å². The minimum Gasteiger partial charge on any atom is -0.491 e. The summed E-state index contributed by atoms with van der Waals surface area (Å²) in [5.41, 5.74) is 2.59. The van der Waals surface area contributed by atoms with Gasteiger partial charge in [0.1, 0.15) is 25.0 Å². The van der Waals surface area contributed by atoms with Gasteiger partial charge in [0.15, 0.2) is 0 Å². The third kappa shape index (κ3) is 5.87. The van der Waals surface area contributed by atoms with Gasteiger partial charge in [0, 0.05) is 10.7 Å². The van der Waals surface area contributed by atoms with Crippen molar-refractivity contribution in [2.24, 2.45) is 0 Å². The van der Waals surface area contributed by atoms with Gasteiger partial charge >= 0.3 is 0 Å². The largest absolute Gasteiger partial charge is 0.491 e. The lowest BCUT2D eigenvalue weighted by atomic mass is 9.87. The summed E-state index contributed by atoms with van der Waals surface area (Å²) in [4.78, 5) is 3.77. The molecule has 152 valence electrons. The van der Waals surface area contributed by atoms with Gasteiger partial charge in [0.2, 0.25) is 0 Å². The highest BCUT2D eigenvalue weighted by Crippen LogP contribution is 2.24. The highest BCUT2D eigenvalue weighted by molar-refractivity contribution is 6.30. The second-order valence-corrected chi connectivity index (χ2v) is 9.10. The molecule has 1 aliphatic heterocycles. The monoisotopic (exact) mass is 403 g/mol. The van der Waals surface area contributed by atoms with Gasteiger partial charge < -0.3 is 19.6 Å². The molecule has 2 aromatic carbocycles. The van der Waals surface area contributed by atoms with Crippen molar-refractivity contribution in [3.05, 3.63) is 59.1 Å². The van der Waals surface area contributed by atoms with Crippen LogP contribution in [0.25, 0.3) is 0 Å². The van der Waals surface area contributed by atoms with Crippen LogP contribution in [0.5, 0.6) is 5.75 Å². The molecule has 5 heteroatoms. The Bertz CT molecular complexity index is 750. The second kappa shape index (κ2) is 9.17. The molecule has 1 fully saturated rings. The van der Waals surface area contributed by atoms with E-state index < -0.39 is 6.10 Å². The molecule has 0 aromatic heterocycles. The topological polar surface area (TPSA) is 37.1 Å². The summed E-state index contributed by atoms with van der Waals surface area (Å²) >= 11 is 6.10. The average molecular weight is 404 g/mol. The van der Waals surface area contributed by atoms with E-state index in [2.05, 4.69) is 43.9 Å². The lowest BCUT2D eigenvalue weighted by Gasteiger charge is -2.34. The number of halogens is 1. The van der Waals surface area contributed by atoms with Crippen LogP contribution in [0.2, 0.25) is 5.02 Å². The molecule has 1 heterocycles. The van der Waals surface area contributed by atoms with Crippen molar-refractivity contribution in [3.63, 3.8) is 0 Å². The molecule has 0 aliphatic carbocycles. The van der Waals surface area contributed by atoms with Crippen molar-refractivity contribution in [2.75, 3.05) is 44.2 Å². The summed E-state index contributed by atoms with van der Waals surface area (Å²) in [6.45, 7) is 11.6. The maximum atomic E-state index is 10.4. The SMILES string of the molecule is CC(C)(C)c1ccc(OC[C@H](O)C[NH+]2CCN(c3cccc(Cl)c3)CC2)cc1. The first kappa shape index (κ1) is 21.0. The summed E-state index contributed by atoms with van der Waals surface area (Å²) in [6, 6.07) is 16.2. The van der Waals surface area contributed by atoms with Gasteiger partial charge in [0.25, 0.3) is 0 Å². The zero-order valence-electron chi connectivity index (χ0n) is 17.1. The van der Waals surface area contributed by atoms with Crippen LogP contribution in [-0.2, 0) is 5.41 Å². The number of anilines is 1. The Balaban J connectivity index is 1.41. The first-order valence-corrected chi connectivity index (χ1v) is 10.4. The van der Waals surface area contributed by atoms with Crippen molar-refractivity contribution in [2.45, 2.75) is 32.3 Å². The van der Waals surface area contributed by atoms with Crippen molar-refractivity contribution < 1.29 is 14.7 Å². The van der Waals surface area contributed by atoms with Crippen LogP contribution in [0.4, 0.5) is 5.69 Å². The molecule has 2 aromatic rings. The van der Waals surface area contributed by atoms with E-state index in [9.17, 15) is 5.11 Å². The zero-order chi connectivity index (χ0) is 20.1. The quantitative estimate of drug-likeness (QED) is 0.778. The molecule has 1 saturated heterocycles. The molecule has 1 aliphatic rings. The van der Waals surface area contributed by atoms with Gasteiger partial charge in [-0.2, -0.15) is 0 Å². The second-order valence-electron chi connectivity index (χ2n) is 8.66.